The fourth-order valence-corrected chi connectivity index (χ4v) is 3.64. The Morgan fingerprint density at radius 3 is 2.14 bits per heavy atom. The standard InChI is InChI=1S/C29H32N4O4/c1-5-33(6-2)24-15-12-21(13-16-24)18-25(31-28(34)23-10-8-7-9-11-23)29(35)32-30-20-22-14-17-26(36-3)27(19-22)37-4/h7-20H,5-6H2,1-4H3,(H,31,34)(H,32,35)/b25-18-,30-20-. The number of hydrogen-bond donors (Lipinski definition) is 2. The monoisotopic (exact) mass is 500 g/mol. The minimum absolute atomic E-state index is 0.0638. The molecule has 8 heteroatoms. The Morgan fingerprint density at radius 2 is 1.51 bits per heavy atom. The number of methoxy groups -OCH3 is 2. The highest BCUT2D eigenvalue weighted by atomic mass is 16.5. The molecule has 0 fully saturated rings. The summed E-state index contributed by atoms with van der Waals surface area (Å²) in [6, 6.07) is 21.8. The molecule has 3 rings (SSSR count). The van der Waals surface area contributed by atoms with E-state index in [4.69, 9.17) is 9.47 Å². The van der Waals surface area contributed by atoms with E-state index >= 15 is 0 Å². The minimum atomic E-state index is -0.561. The number of carbonyl (C=O) groups is 2. The van der Waals surface area contributed by atoms with Gasteiger partial charge in [-0.3, -0.25) is 9.59 Å². The van der Waals surface area contributed by atoms with Crippen molar-refractivity contribution in [1.82, 2.24) is 10.7 Å². The van der Waals surface area contributed by atoms with Crippen molar-refractivity contribution >= 4 is 29.8 Å². The molecule has 0 aliphatic rings. The maximum atomic E-state index is 13.0. The average Bonchev–Trinajstić information content (AvgIpc) is 2.94. The number of hydrazone groups is 1. The number of amides is 2. The molecule has 37 heavy (non-hydrogen) atoms. The van der Waals surface area contributed by atoms with E-state index < -0.39 is 11.8 Å². The molecule has 192 valence electrons. The van der Waals surface area contributed by atoms with E-state index in [9.17, 15) is 9.59 Å². The number of ether oxygens (including phenoxy) is 2. The zero-order chi connectivity index (χ0) is 26.6. The van der Waals surface area contributed by atoms with Gasteiger partial charge in [0.05, 0.1) is 20.4 Å². The van der Waals surface area contributed by atoms with Crippen molar-refractivity contribution in [2.24, 2.45) is 5.10 Å². The highest BCUT2D eigenvalue weighted by Crippen LogP contribution is 2.26. The van der Waals surface area contributed by atoms with Crippen molar-refractivity contribution in [1.29, 1.82) is 0 Å². The van der Waals surface area contributed by atoms with Crippen molar-refractivity contribution in [2.45, 2.75) is 13.8 Å². The van der Waals surface area contributed by atoms with Gasteiger partial charge in [0, 0.05) is 24.3 Å². The Morgan fingerprint density at radius 1 is 0.865 bits per heavy atom. The van der Waals surface area contributed by atoms with Crippen LogP contribution in [-0.2, 0) is 4.79 Å². The van der Waals surface area contributed by atoms with Gasteiger partial charge >= 0.3 is 0 Å². The van der Waals surface area contributed by atoms with Gasteiger partial charge in [-0.05, 0) is 73.5 Å². The van der Waals surface area contributed by atoms with Crippen molar-refractivity contribution in [3.05, 3.63) is 95.2 Å². The lowest BCUT2D eigenvalue weighted by Crippen LogP contribution is -2.32. The van der Waals surface area contributed by atoms with Gasteiger partial charge in [0.1, 0.15) is 5.70 Å². The molecular formula is C29H32N4O4. The van der Waals surface area contributed by atoms with Gasteiger partial charge in [0.25, 0.3) is 11.8 Å². The summed E-state index contributed by atoms with van der Waals surface area (Å²) in [6.07, 6.45) is 3.10. The molecule has 0 heterocycles. The van der Waals surface area contributed by atoms with Gasteiger partial charge in [0.2, 0.25) is 0 Å². The topological polar surface area (TPSA) is 92.3 Å². The summed E-state index contributed by atoms with van der Waals surface area (Å²) >= 11 is 0. The molecule has 3 aromatic rings. The van der Waals surface area contributed by atoms with Gasteiger partial charge in [0.15, 0.2) is 11.5 Å². The highest BCUT2D eigenvalue weighted by Gasteiger charge is 2.14. The van der Waals surface area contributed by atoms with Crippen molar-refractivity contribution < 1.29 is 19.1 Å². The predicted molar refractivity (Wildman–Crippen MR) is 147 cm³/mol. The maximum absolute atomic E-state index is 13.0. The summed E-state index contributed by atoms with van der Waals surface area (Å²) in [5, 5.41) is 6.77. The predicted octanol–water partition coefficient (Wildman–Crippen LogP) is 4.47. The summed E-state index contributed by atoms with van der Waals surface area (Å²) in [5.41, 5.74) is 5.53. The van der Waals surface area contributed by atoms with Crippen LogP contribution < -0.4 is 25.1 Å². The van der Waals surface area contributed by atoms with Crippen LogP contribution in [0.4, 0.5) is 5.69 Å². The van der Waals surface area contributed by atoms with Gasteiger partial charge in [-0.2, -0.15) is 5.10 Å². The minimum Gasteiger partial charge on any atom is -0.493 e. The van der Waals surface area contributed by atoms with E-state index in [1.165, 1.54) is 6.21 Å². The summed E-state index contributed by atoms with van der Waals surface area (Å²) in [5.74, 6) is 0.172. The third-order valence-electron chi connectivity index (χ3n) is 5.65. The molecule has 8 nitrogen and oxygen atoms in total. The molecule has 0 aliphatic heterocycles. The van der Waals surface area contributed by atoms with Crippen LogP contribution in [0.3, 0.4) is 0 Å². The highest BCUT2D eigenvalue weighted by molar-refractivity contribution is 6.05. The lowest BCUT2D eigenvalue weighted by molar-refractivity contribution is -0.117. The molecule has 0 aliphatic carbocycles. The second kappa shape index (κ2) is 13.5. The van der Waals surface area contributed by atoms with Crippen molar-refractivity contribution in [3.8, 4) is 11.5 Å². The van der Waals surface area contributed by atoms with E-state index in [-0.39, 0.29) is 5.70 Å². The van der Waals surface area contributed by atoms with Crippen LogP contribution in [0.15, 0.2) is 83.6 Å². The Bertz CT molecular complexity index is 1250. The second-order valence-corrected chi connectivity index (χ2v) is 7.96. The summed E-state index contributed by atoms with van der Waals surface area (Å²) in [4.78, 5) is 28.1. The largest absolute Gasteiger partial charge is 0.493 e. The second-order valence-electron chi connectivity index (χ2n) is 7.96. The van der Waals surface area contributed by atoms with Crippen LogP contribution in [0, 0.1) is 0 Å². The number of nitrogens with zero attached hydrogens (tertiary/aromatic N) is 2. The molecule has 2 N–H and O–H groups in total. The number of carbonyl (C=O) groups excluding carboxylic acids is 2. The third-order valence-corrected chi connectivity index (χ3v) is 5.65. The van der Waals surface area contributed by atoms with E-state index in [1.807, 2.05) is 30.3 Å². The van der Waals surface area contributed by atoms with Crippen molar-refractivity contribution in [3.63, 3.8) is 0 Å². The molecule has 0 saturated heterocycles. The van der Waals surface area contributed by atoms with E-state index in [0.29, 0.717) is 22.6 Å². The number of rotatable bonds is 11. The van der Waals surface area contributed by atoms with Gasteiger partial charge in [-0.15, -0.1) is 0 Å². The molecule has 0 unspecified atom stereocenters. The molecule has 0 bridgehead atoms. The molecule has 0 atom stereocenters. The fourth-order valence-electron chi connectivity index (χ4n) is 3.64. The Kier molecular flexibility index (Phi) is 9.84. The smallest absolute Gasteiger partial charge is 0.287 e. The lowest BCUT2D eigenvalue weighted by atomic mass is 10.1. The first-order valence-corrected chi connectivity index (χ1v) is 12.0. The lowest BCUT2D eigenvalue weighted by Gasteiger charge is -2.20. The zero-order valence-electron chi connectivity index (χ0n) is 21.5. The maximum Gasteiger partial charge on any atom is 0.287 e. The third kappa shape index (κ3) is 7.44. The fraction of sp³-hybridized carbons (Fsp3) is 0.207. The number of benzene rings is 3. The Hall–Kier alpha value is -4.59. The Balaban J connectivity index is 1.82. The SMILES string of the molecule is CCN(CC)c1ccc(/C=C(\NC(=O)c2ccccc2)C(=O)N/N=C\c2ccc(OC)c(OC)c2)cc1. The Labute approximate surface area is 217 Å². The quantitative estimate of drug-likeness (QED) is 0.230. The van der Waals surface area contributed by atoms with Crippen LogP contribution in [0.2, 0.25) is 0 Å². The first kappa shape index (κ1) is 27.0. The number of nitrogens with one attached hydrogen (secondary N) is 2. The van der Waals surface area contributed by atoms with E-state index in [1.54, 1.807) is 62.8 Å². The number of hydrogen-bond acceptors (Lipinski definition) is 6. The van der Waals surface area contributed by atoms with Crippen molar-refractivity contribution in [2.75, 3.05) is 32.2 Å². The van der Waals surface area contributed by atoms with Crippen LogP contribution in [0.25, 0.3) is 6.08 Å². The summed E-state index contributed by atoms with van der Waals surface area (Å²) in [6.45, 7) is 5.98. The first-order chi connectivity index (χ1) is 18.0. The normalized spacial score (nSPS) is 11.2. The molecule has 2 amide bonds. The molecule has 0 spiro atoms. The van der Waals surface area contributed by atoms with Crippen LogP contribution in [0.1, 0.15) is 35.3 Å². The average molecular weight is 501 g/mol. The molecule has 3 aromatic carbocycles. The van der Waals surface area contributed by atoms with Gasteiger partial charge in [-0.1, -0.05) is 30.3 Å². The molecule has 0 radical (unpaired) electrons. The van der Waals surface area contributed by atoms with E-state index in [0.717, 1.165) is 24.3 Å². The molecular weight excluding hydrogens is 468 g/mol. The van der Waals surface area contributed by atoms with Crippen LogP contribution in [-0.4, -0.2) is 45.3 Å². The molecule has 0 saturated carbocycles. The first-order valence-electron chi connectivity index (χ1n) is 12.0. The van der Waals surface area contributed by atoms with Gasteiger partial charge in [-0.25, -0.2) is 5.43 Å². The number of anilines is 1. The van der Waals surface area contributed by atoms with Gasteiger partial charge < -0.3 is 19.7 Å². The summed E-state index contributed by atoms with van der Waals surface area (Å²) < 4.78 is 10.5. The van der Waals surface area contributed by atoms with Crippen LogP contribution >= 0.6 is 0 Å². The zero-order valence-corrected chi connectivity index (χ0v) is 21.5. The van der Waals surface area contributed by atoms with E-state index in [2.05, 4.69) is 34.6 Å². The molecule has 0 aromatic heterocycles. The summed E-state index contributed by atoms with van der Waals surface area (Å²) in [7, 11) is 3.10. The van der Waals surface area contributed by atoms with Crippen LogP contribution in [0.5, 0.6) is 11.5 Å².